The quantitative estimate of drug-likeness (QED) is 0.506. The number of halogens is 2. The van der Waals surface area contributed by atoms with E-state index in [0.29, 0.717) is 35.2 Å². The Hall–Kier alpha value is -2.04. The molecule has 3 rings (SSSR count). The van der Waals surface area contributed by atoms with Crippen LogP contribution in [0.3, 0.4) is 0 Å². The predicted molar refractivity (Wildman–Crippen MR) is 128 cm³/mol. The molecule has 2 aromatic carbocycles. The normalized spacial score (nSPS) is 15.8. The number of benzene rings is 2. The number of carbonyl (C=O) groups is 2. The van der Waals surface area contributed by atoms with E-state index in [1.54, 1.807) is 18.2 Å². The van der Waals surface area contributed by atoms with Crippen LogP contribution in [-0.2, 0) is 11.3 Å². The molecule has 1 aliphatic heterocycles. The molecular weight excluding hydrogens is 431 g/mol. The number of rotatable bonds is 2. The lowest BCUT2D eigenvalue weighted by atomic mass is 10.0. The Morgan fingerprint density at radius 3 is 2.26 bits per heavy atom. The highest BCUT2D eigenvalue weighted by atomic mass is 35.5. The van der Waals surface area contributed by atoms with Crippen molar-refractivity contribution in [3.05, 3.63) is 63.6 Å². The molecule has 0 fully saturated rings. The molecule has 1 aliphatic rings. The third kappa shape index (κ3) is 6.02. The Kier molecular flexibility index (Phi) is 8.39. The standard InChI is InChI=1S/C25H30Cl2N2O2/c1-18(2)24(30)29-15-9-5-3-4-8-14-28(17-20-10-6-7-11-23(20)29)25(31)19-12-13-21(26)22(27)16-19/h6-7,10-13,16,18H,3-5,8-9,14-15,17H2,1-2H3. The van der Waals surface area contributed by atoms with E-state index in [9.17, 15) is 9.59 Å². The Bertz CT molecular complexity index is 929. The zero-order chi connectivity index (χ0) is 22.4. The van der Waals surface area contributed by atoms with Crippen molar-refractivity contribution in [2.24, 2.45) is 5.92 Å². The molecule has 0 saturated heterocycles. The summed E-state index contributed by atoms with van der Waals surface area (Å²) in [5.74, 6) is -0.0473. The van der Waals surface area contributed by atoms with Gasteiger partial charge in [0.1, 0.15) is 0 Å². The Balaban J connectivity index is 1.96. The summed E-state index contributed by atoms with van der Waals surface area (Å²) in [5.41, 5.74) is 2.40. The number of nitrogens with zero attached hydrogens (tertiary/aromatic N) is 2. The van der Waals surface area contributed by atoms with Crippen LogP contribution in [0, 0.1) is 5.92 Å². The maximum Gasteiger partial charge on any atom is 0.254 e. The second-order valence-electron chi connectivity index (χ2n) is 8.40. The summed E-state index contributed by atoms with van der Waals surface area (Å²) in [7, 11) is 0. The number of anilines is 1. The van der Waals surface area contributed by atoms with Crippen LogP contribution in [0.4, 0.5) is 5.69 Å². The molecular formula is C25H30Cl2N2O2. The largest absolute Gasteiger partial charge is 0.334 e. The zero-order valence-corrected chi connectivity index (χ0v) is 19.8. The molecule has 166 valence electrons. The van der Waals surface area contributed by atoms with Gasteiger partial charge in [-0.3, -0.25) is 9.59 Å². The summed E-state index contributed by atoms with van der Waals surface area (Å²) in [6.07, 6.45) is 5.17. The van der Waals surface area contributed by atoms with Crippen LogP contribution in [0.25, 0.3) is 0 Å². The molecule has 0 aromatic heterocycles. The van der Waals surface area contributed by atoms with E-state index in [2.05, 4.69) is 0 Å². The molecule has 4 nitrogen and oxygen atoms in total. The maximum atomic E-state index is 13.4. The van der Waals surface area contributed by atoms with Gasteiger partial charge in [0.05, 0.1) is 10.0 Å². The van der Waals surface area contributed by atoms with Crippen molar-refractivity contribution in [1.29, 1.82) is 0 Å². The molecule has 2 amide bonds. The third-order valence-electron chi connectivity index (χ3n) is 5.67. The van der Waals surface area contributed by atoms with E-state index in [1.165, 1.54) is 0 Å². The minimum Gasteiger partial charge on any atom is -0.334 e. The van der Waals surface area contributed by atoms with Crippen molar-refractivity contribution in [2.75, 3.05) is 18.0 Å². The van der Waals surface area contributed by atoms with E-state index in [-0.39, 0.29) is 17.7 Å². The second kappa shape index (κ2) is 11.0. The van der Waals surface area contributed by atoms with Gasteiger partial charge in [0, 0.05) is 36.8 Å². The van der Waals surface area contributed by atoms with Crippen molar-refractivity contribution in [2.45, 2.75) is 52.5 Å². The van der Waals surface area contributed by atoms with E-state index in [4.69, 9.17) is 23.2 Å². The zero-order valence-electron chi connectivity index (χ0n) is 18.2. The SMILES string of the molecule is CC(C)C(=O)N1CCCCCCCN(C(=O)c2ccc(Cl)c(Cl)c2)Cc2ccccc21. The molecule has 0 unspecified atom stereocenters. The van der Waals surface area contributed by atoms with Gasteiger partial charge >= 0.3 is 0 Å². The molecule has 6 heteroatoms. The number of para-hydroxylation sites is 1. The lowest BCUT2D eigenvalue weighted by Crippen LogP contribution is -2.37. The van der Waals surface area contributed by atoms with Crippen molar-refractivity contribution in [3.8, 4) is 0 Å². The van der Waals surface area contributed by atoms with Gasteiger partial charge in [0.15, 0.2) is 0 Å². The fourth-order valence-electron chi connectivity index (χ4n) is 3.94. The summed E-state index contributed by atoms with van der Waals surface area (Å²) in [5, 5.41) is 0.802. The number of hydrogen-bond acceptors (Lipinski definition) is 2. The number of carbonyl (C=O) groups excluding carboxylic acids is 2. The van der Waals surface area contributed by atoms with E-state index in [0.717, 1.165) is 43.4 Å². The topological polar surface area (TPSA) is 40.6 Å². The first kappa shape index (κ1) is 23.6. The highest BCUT2D eigenvalue weighted by molar-refractivity contribution is 6.42. The molecule has 31 heavy (non-hydrogen) atoms. The second-order valence-corrected chi connectivity index (χ2v) is 9.21. The van der Waals surface area contributed by atoms with E-state index >= 15 is 0 Å². The highest BCUT2D eigenvalue weighted by Gasteiger charge is 2.24. The monoisotopic (exact) mass is 460 g/mol. The lowest BCUT2D eigenvalue weighted by molar-refractivity contribution is -0.121. The highest BCUT2D eigenvalue weighted by Crippen LogP contribution is 2.27. The molecule has 0 spiro atoms. The van der Waals surface area contributed by atoms with Crippen molar-refractivity contribution >= 4 is 40.7 Å². The fourth-order valence-corrected chi connectivity index (χ4v) is 4.24. The van der Waals surface area contributed by atoms with Gasteiger partial charge in [0.25, 0.3) is 5.91 Å². The Morgan fingerprint density at radius 1 is 0.871 bits per heavy atom. The average molecular weight is 461 g/mol. The third-order valence-corrected chi connectivity index (χ3v) is 6.41. The molecule has 0 N–H and O–H groups in total. The summed E-state index contributed by atoms with van der Waals surface area (Å²) in [6, 6.07) is 12.9. The van der Waals surface area contributed by atoms with Crippen molar-refractivity contribution in [3.63, 3.8) is 0 Å². The molecule has 0 bridgehead atoms. The molecule has 0 saturated carbocycles. The summed E-state index contributed by atoms with van der Waals surface area (Å²) in [4.78, 5) is 30.1. The van der Waals surface area contributed by atoms with Gasteiger partial charge in [-0.15, -0.1) is 0 Å². The Labute approximate surface area is 195 Å². The minimum absolute atomic E-state index is 0.0767. The van der Waals surface area contributed by atoms with Gasteiger partial charge in [-0.05, 0) is 42.7 Å². The number of amides is 2. The van der Waals surface area contributed by atoms with Crippen LogP contribution in [0.1, 0.15) is 61.9 Å². The van der Waals surface area contributed by atoms with Crippen LogP contribution in [-0.4, -0.2) is 29.8 Å². The van der Waals surface area contributed by atoms with Crippen molar-refractivity contribution < 1.29 is 9.59 Å². The first-order valence-electron chi connectivity index (χ1n) is 11.0. The first-order valence-corrected chi connectivity index (χ1v) is 11.8. The van der Waals surface area contributed by atoms with Crippen LogP contribution < -0.4 is 4.90 Å². The van der Waals surface area contributed by atoms with Crippen LogP contribution in [0.2, 0.25) is 10.0 Å². The fraction of sp³-hybridized carbons (Fsp3) is 0.440. The summed E-state index contributed by atoms with van der Waals surface area (Å²) < 4.78 is 0. The average Bonchev–Trinajstić information content (AvgIpc) is 2.75. The molecule has 2 aromatic rings. The minimum atomic E-state index is -0.0880. The lowest BCUT2D eigenvalue weighted by Gasteiger charge is -2.30. The Morgan fingerprint density at radius 2 is 1.55 bits per heavy atom. The van der Waals surface area contributed by atoms with Gasteiger partial charge in [-0.2, -0.15) is 0 Å². The summed E-state index contributed by atoms with van der Waals surface area (Å²) >= 11 is 12.2. The van der Waals surface area contributed by atoms with Gasteiger partial charge in [-0.25, -0.2) is 0 Å². The van der Waals surface area contributed by atoms with Crippen molar-refractivity contribution in [1.82, 2.24) is 4.90 Å². The molecule has 0 radical (unpaired) electrons. The molecule has 1 heterocycles. The number of hydrogen-bond donors (Lipinski definition) is 0. The first-order chi connectivity index (χ1) is 14.9. The van der Waals surface area contributed by atoms with E-state index in [1.807, 2.05) is 47.9 Å². The molecule has 0 atom stereocenters. The molecule has 0 aliphatic carbocycles. The van der Waals surface area contributed by atoms with Gasteiger partial charge in [-0.1, -0.05) is 74.5 Å². The van der Waals surface area contributed by atoms with Gasteiger partial charge in [0.2, 0.25) is 5.91 Å². The summed E-state index contributed by atoms with van der Waals surface area (Å²) in [6.45, 7) is 5.67. The number of fused-ring (bicyclic) bond motifs is 1. The van der Waals surface area contributed by atoms with Crippen LogP contribution in [0.5, 0.6) is 0 Å². The smallest absolute Gasteiger partial charge is 0.254 e. The maximum absolute atomic E-state index is 13.4. The van der Waals surface area contributed by atoms with Gasteiger partial charge < -0.3 is 9.80 Å². The van der Waals surface area contributed by atoms with Crippen LogP contribution >= 0.6 is 23.2 Å². The van der Waals surface area contributed by atoms with Crippen LogP contribution in [0.15, 0.2) is 42.5 Å². The predicted octanol–water partition coefficient (Wildman–Crippen LogP) is 6.59. The van der Waals surface area contributed by atoms with E-state index < -0.39 is 0 Å².